The zero-order valence-electron chi connectivity index (χ0n) is 20.7. The molecule has 3 N–H and O–H groups in total. The lowest BCUT2D eigenvalue weighted by Gasteiger charge is -2.31. The number of benzene rings is 3. The highest BCUT2D eigenvalue weighted by Crippen LogP contribution is 2.31. The van der Waals surface area contributed by atoms with Crippen molar-refractivity contribution in [3.63, 3.8) is 0 Å². The van der Waals surface area contributed by atoms with E-state index in [0.29, 0.717) is 22.0 Å². The first kappa shape index (κ1) is 25.5. The molecule has 0 radical (unpaired) electrons. The fraction of sp³-hybridized carbons (Fsp3) is 0.286. The summed E-state index contributed by atoms with van der Waals surface area (Å²) in [6.07, 6.45) is 1.11. The van der Waals surface area contributed by atoms with Crippen LogP contribution in [0.2, 0.25) is 5.02 Å². The summed E-state index contributed by atoms with van der Waals surface area (Å²) in [6, 6.07) is 20.3. The number of halogens is 1. The summed E-state index contributed by atoms with van der Waals surface area (Å²) in [4.78, 5) is 32.4. The molecule has 36 heavy (non-hydrogen) atoms. The normalized spacial score (nSPS) is 15.1. The van der Waals surface area contributed by atoms with Crippen molar-refractivity contribution in [3.8, 4) is 0 Å². The third kappa shape index (κ3) is 5.98. The number of primary amides is 1. The number of carbonyl (C=O) groups is 2. The van der Waals surface area contributed by atoms with Crippen LogP contribution in [0, 0.1) is 6.92 Å². The summed E-state index contributed by atoms with van der Waals surface area (Å²) in [5.41, 5.74) is 9.63. The Morgan fingerprint density at radius 2 is 1.64 bits per heavy atom. The van der Waals surface area contributed by atoms with E-state index < -0.39 is 12.1 Å². The van der Waals surface area contributed by atoms with Crippen LogP contribution in [0.5, 0.6) is 0 Å². The van der Waals surface area contributed by atoms with Crippen molar-refractivity contribution in [1.29, 1.82) is 0 Å². The van der Waals surface area contributed by atoms with Gasteiger partial charge in [0.15, 0.2) is 0 Å². The molecule has 1 saturated heterocycles. The zero-order chi connectivity index (χ0) is 25.7. The van der Waals surface area contributed by atoms with Crippen LogP contribution in [0.4, 0.5) is 21.9 Å². The van der Waals surface area contributed by atoms with Crippen molar-refractivity contribution >= 4 is 40.6 Å². The second-order valence-electron chi connectivity index (χ2n) is 9.12. The molecule has 1 unspecified atom stereocenters. The minimum atomic E-state index is -0.967. The van der Waals surface area contributed by atoms with Crippen molar-refractivity contribution < 1.29 is 9.59 Å². The number of rotatable bonds is 6. The molecule has 3 aromatic carbocycles. The number of likely N-dealkylation sites (N-methyl/N-ethyl adjacent to an activating group) is 1. The smallest absolute Gasteiger partial charge is 0.320 e. The number of nitrogens with zero attached hydrogens (tertiary/aromatic N) is 3. The molecule has 0 saturated carbocycles. The molecule has 3 aromatic rings. The Kier molecular flexibility index (Phi) is 8.13. The Bertz CT molecular complexity index is 1200. The van der Waals surface area contributed by atoms with E-state index >= 15 is 0 Å². The van der Waals surface area contributed by atoms with Gasteiger partial charge in [0.25, 0.3) is 5.91 Å². The predicted molar refractivity (Wildman–Crippen MR) is 147 cm³/mol. The van der Waals surface area contributed by atoms with Crippen LogP contribution in [0.15, 0.2) is 72.8 Å². The molecule has 0 bridgehead atoms. The van der Waals surface area contributed by atoms with Gasteiger partial charge in [-0.25, -0.2) is 4.79 Å². The Morgan fingerprint density at radius 1 is 0.944 bits per heavy atom. The van der Waals surface area contributed by atoms with E-state index in [0.717, 1.165) is 43.9 Å². The average Bonchev–Trinajstić information content (AvgIpc) is 3.08. The van der Waals surface area contributed by atoms with Crippen molar-refractivity contribution in [1.82, 2.24) is 4.90 Å². The number of hydrogen-bond donors (Lipinski definition) is 2. The number of aryl methyl sites for hydroxylation is 1. The summed E-state index contributed by atoms with van der Waals surface area (Å²) >= 11 is 6.05. The van der Waals surface area contributed by atoms with Crippen molar-refractivity contribution in [3.05, 3.63) is 88.9 Å². The average molecular weight is 506 g/mol. The van der Waals surface area contributed by atoms with E-state index in [4.69, 9.17) is 17.3 Å². The lowest BCUT2D eigenvalue weighted by molar-refractivity contribution is -0.117. The van der Waals surface area contributed by atoms with Crippen molar-refractivity contribution in [2.75, 3.05) is 48.3 Å². The molecule has 1 fully saturated rings. The number of nitrogens with one attached hydrogen (secondary N) is 1. The maximum Gasteiger partial charge on any atom is 0.320 e. The van der Waals surface area contributed by atoms with Gasteiger partial charge in [0.1, 0.15) is 6.04 Å². The molecule has 0 spiro atoms. The second-order valence-corrected chi connectivity index (χ2v) is 9.56. The monoisotopic (exact) mass is 505 g/mol. The Hall–Kier alpha value is -3.55. The van der Waals surface area contributed by atoms with Gasteiger partial charge in [-0.2, -0.15) is 0 Å². The number of anilines is 3. The van der Waals surface area contributed by atoms with Crippen molar-refractivity contribution in [2.45, 2.75) is 19.4 Å². The zero-order valence-corrected chi connectivity index (χ0v) is 21.4. The first-order valence-electron chi connectivity index (χ1n) is 12.1. The van der Waals surface area contributed by atoms with Crippen LogP contribution in [-0.2, 0) is 4.79 Å². The quantitative estimate of drug-likeness (QED) is 0.491. The molecule has 3 amide bonds. The van der Waals surface area contributed by atoms with Crippen LogP contribution in [-0.4, -0.2) is 50.1 Å². The van der Waals surface area contributed by atoms with Gasteiger partial charge in [-0.3, -0.25) is 9.69 Å². The lowest BCUT2D eigenvalue weighted by atomic mass is 9.98. The molecule has 8 heteroatoms. The first-order valence-corrected chi connectivity index (χ1v) is 12.5. The van der Waals surface area contributed by atoms with Crippen LogP contribution >= 0.6 is 11.6 Å². The molecular formula is C28H32ClN5O2. The third-order valence-electron chi connectivity index (χ3n) is 6.55. The molecule has 1 aliphatic heterocycles. The molecule has 1 heterocycles. The minimum absolute atomic E-state index is 0.359. The highest BCUT2D eigenvalue weighted by atomic mass is 35.5. The molecule has 1 atom stereocenters. The minimum Gasteiger partial charge on any atom is -0.370 e. The summed E-state index contributed by atoms with van der Waals surface area (Å²) in [5.74, 6) is -0.359. The second kappa shape index (κ2) is 11.5. The van der Waals surface area contributed by atoms with E-state index in [9.17, 15) is 9.59 Å². The van der Waals surface area contributed by atoms with Crippen LogP contribution in [0.3, 0.4) is 0 Å². The molecule has 1 aliphatic rings. The van der Waals surface area contributed by atoms with Gasteiger partial charge >= 0.3 is 6.03 Å². The van der Waals surface area contributed by atoms with Crippen LogP contribution in [0.25, 0.3) is 0 Å². The number of nitrogens with two attached hydrogens (primary N) is 1. The number of carbonyl (C=O) groups excluding carboxylic acids is 2. The largest absolute Gasteiger partial charge is 0.370 e. The summed E-state index contributed by atoms with van der Waals surface area (Å²) in [5, 5.41) is 3.52. The molecular weight excluding hydrogens is 474 g/mol. The summed E-state index contributed by atoms with van der Waals surface area (Å²) < 4.78 is 0. The maximum absolute atomic E-state index is 13.7. The fourth-order valence-electron chi connectivity index (χ4n) is 4.57. The van der Waals surface area contributed by atoms with Gasteiger partial charge in [-0.05, 0) is 86.6 Å². The molecule has 4 rings (SSSR count). The summed E-state index contributed by atoms with van der Waals surface area (Å²) in [6.45, 7) is 5.98. The number of amides is 3. The van der Waals surface area contributed by atoms with E-state index in [-0.39, 0.29) is 5.91 Å². The van der Waals surface area contributed by atoms with Gasteiger partial charge in [-0.1, -0.05) is 35.9 Å². The maximum atomic E-state index is 13.7. The number of hydrogen-bond acceptors (Lipinski definition) is 4. The molecule has 188 valence electrons. The molecule has 7 nitrogen and oxygen atoms in total. The topological polar surface area (TPSA) is 81.9 Å². The van der Waals surface area contributed by atoms with Gasteiger partial charge in [0.2, 0.25) is 0 Å². The SMILES string of the molecule is Cc1ccccc1C(C(=O)Nc1ccc(N2CCCN(C)CC2)cc1)N(C(N)=O)c1ccc(Cl)cc1. The molecule has 0 aliphatic carbocycles. The molecule has 0 aromatic heterocycles. The Labute approximate surface area is 217 Å². The van der Waals surface area contributed by atoms with Gasteiger partial charge in [-0.15, -0.1) is 0 Å². The van der Waals surface area contributed by atoms with Gasteiger partial charge < -0.3 is 20.9 Å². The number of urea groups is 1. The highest BCUT2D eigenvalue weighted by Gasteiger charge is 2.33. The van der Waals surface area contributed by atoms with Gasteiger partial charge in [0, 0.05) is 41.7 Å². The lowest BCUT2D eigenvalue weighted by Crippen LogP contribution is -2.44. The van der Waals surface area contributed by atoms with Crippen LogP contribution in [0.1, 0.15) is 23.6 Å². The Morgan fingerprint density at radius 3 is 2.31 bits per heavy atom. The first-order chi connectivity index (χ1) is 17.3. The summed E-state index contributed by atoms with van der Waals surface area (Å²) in [7, 11) is 2.15. The third-order valence-corrected chi connectivity index (χ3v) is 6.80. The Balaban J connectivity index is 1.61. The highest BCUT2D eigenvalue weighted by molar-refractivity contribution is 6.30. The van der Waals surface area contributed by atoms with Gasteiger partial charge in [0.05, 0.1) is 0 Å². The van der Waals surface area contributed by atoms with Crippen molar-refractivity contribution in [2.24, 2.45) is 5.73 Å². The standard InChI is InChI=1S/C28H32ClN5O2/c1-20-6-3-4-7-25(20)26(34(28(30)36)24-12-8-21(29)9-13-24)27(35)31-22-10-14-23(15-11-22)33-17-5-16-32(2)18-19-33/h3-4,6-15,26H,5,16-19H2,1-2H3,(H2,30,36)(H,31,35). The van der Waals surface area contributed by atoms with E-state index in [2.05, 4.69) is 22.2 Å². The fourth-order valence-corrected chi connectivity index (χ4v) is 4.69. The van der Waals surface area contributed by atoms with Crippen LogP contribution < -0.4 is 20.9 Å². The van der Waals surface area contributed by atoms with E-state index in [1.807, 2.05) is 55.5 Å². The van der Waals surface area contributed by atoms with E-state index in [1.54, 1.807) is 24.3 Å². The predicted octanol–water partition coefficient (Wildman–Crippen LogP) is 5.06. The van der Waals surface area contributed by atoms with E-state index in [1.165, 1.54) is 4.90 Å².